The van der Waals surface area contributed by atoms with E-state index in [4.69, 9.17) is 14.5 Å². The molecule has 33 heavy (non-hydrogen) atoms. The number of hydrogen-bond acceptors (Lipinski definition) is 8. The predicted octanol–water partition coefficient (Wildman–Crippen LogP) is 2.99. The van der Waals surface area contributed by atoms with E-state index < -0.39 is 0 Å². The third-order valence-corrected chi connectivity index (χ3v) is 5.99. The largest absolute Gasteiger partial charge is 0.494 e. The Kier molecular flexibility index (Phi) is 8.01. The first-order valence-corrected chi connectivity index (χ1v) is 12.5. The fourth-order valence-electron chi connectivity index (χ4n) is 3.61. The van der Waals surface area contributed by atoms with Crippen molar-refractivity contribution in [3.05, 3.63) is 36.0 Å². The molecule has 1 N–H and O–H groups in total. The maximum atomic E-state index is 12.5. The zero-order chi connectivity index (χ0) is 23.0. The SMILES string of the molecule is CCCCOc1ccc(C(=O)NCCn2ncc3c(N4CCOCC4)nc(SC)nc32)cc1. The van der Waals surface area contributed by atoms with E-state index in [0.717, 1.165) is 48.5 Å². The Balaban J connectivity index is 1.39. The summed E-state index contributed by atoms with van der Waals surface area (Å²) in [7, 11) is 0. The average molecular weight is 471 g/mol. The van der Waals surface area contributed by atoms with E-state index in [2.05, 4.69) is 27.2 Å². The molecule has 0 radical (unpaired) electrons. The van der Waals surface area contributed by atoms with Crippen LogP contribution in [0.1, 0.15) is 30.1 Å². The zero-order valence-electron chi connectivity index (χ0n) is 19.1. The molecule has 3 heterocycles. The number of thioether (sulfide) groups is 1. The van der Waals surface area contributed by atoms with Crippen LogP contribution >= 0.6 is 11.8 Å². The van der Waals surface area contributed by atoms with Crippen molar-refractivity contribution in [3.63, 3.8) is 0 Å². The summed E-state index contributed by atoms with van der Waals surface area (Å²) in [5, 5.41) is 9.11. The summed E-state index contributed by atoms with van der Waals surface area (Å²) < 4.78 is 13.0. The lowest BCUT2D eigenvalue weighted by atomic mass is 10.2. The molecule has 3 aromatic rings. The summed E-state index contributed by atoms with van der Waals surface area (Å²) >= 11 is 1.51. The van der Waals surface area contributed by atoms with Gasteiger partial charge in [0.15, 0.2) is 10.8 Å². The fourth-order valence-corrected chi connectivity index (χ4v) is 3.96. The van der Waals surface area contributed by atoms with Crippen LogP contribution in [0.2, 0.25) is 0 Å². The number of nitrogens with zero attached hydrogens (tertiary/aromatic N) is 5. The second-order valence-corrected chi connectivity index (χ2v) is 8.49. The lowest BCUT2D eigenvalue weighted by Crippen LogP contribution is -2.37. The second kappa shape index (κ2) is 11.3. The lowest BCUT2D eigenvalue weighted by Gasteiger charge is -2.28. The van der Waals surface area contributed by atoms with Gasteiger partial charge in [-0.15, -0.1) is 0 Å². The Morgan fingerprint density at radius 2 is 2.00 bits per heavy atom. The Morgan fingerprint density at radius 1 is 1.21 bits per heavy atom. The van der Waals surface area contributed by atoms with E-state index in [9.17, 15) is 4.79 Å². The van der Waals surface area contributed by atoms with Gasteiger partial charge in [-0.05, 0) is 36.9 Å². The van der Waals surface area contributed by atoms with Gasteiger partial charge in [-0.3, -0.25) is 4.79 Å². The van der Waals surface area contributed by atoms with Crippen LogP contribution in [-0.2, 0) is 11.3 Å². The highest BCUT2D eigenvalue weighted by molar-refractivity contribution is 7.98. The molecule has 0 unspecified atom stereocenters. The summed E-state index contributed by atoms with van der Waals surface area (Å²) in [6, 6.07) is 7.23. The number of morpholine rings is 1. The molecule has 1 amide bonds. The van der Waals surface area contributed by atoms with E-state index >= 15 is 0 Å². The van der Waals surface area contributed by atoms with Gasteiger partial charge >= 0.3 is 0 Å². The number of aromatic nitrogens is 4. The summed E-state index contributed by atoms with van der Waals surface area (Å²) in [6.07, 6.45) is 5.88. The van der Waals surface area contributed by atoms with Crippen molar-refractivity contribution in [1.29, 1.82) is 0 Å². The van der Waals surface area contributed by atoms with Crippen LogP contribution in [0.3, 0.4) is 0 Å². The van der Waals surface area contributed by atoms with Crippen molar-refractivity contribution in [2.24, 2.45) is 0 Å². The number of nitrogens with one attached hydrogen (secondary N) is 1. The van der Waals surface area contributed by atoms with E-state index in [0.29, 0.717) is 43.6 Å². The molecule has 1 aliphatic rings. The number of rotatable bonds is 10. The molecule has 0 aliphatic carbocycles. The van der Waals surface area contributed by atoms with E-state index in [1.165, 1.54) is 11.8 Å². The molecule has 9 nitrogen and oxygen atoms in total. The molecule has 1 aromatic carbocycles. The quantitative estimate of drug-likeness (QED) is 0.275. The monoisotopic (exact) mass is 470 g/mol. The number of anilines is 1. The molecular weight excluding hydrogens is 440 g/mol. The van der Waals surface area contributed by atoms with Crippen molar-refractivity contribution in [1.82, 2.24) is 25.1 Å². The molecule has 0 bridgehead atoms. The first kappa shape index (κ1) is 23.3. The van der Waals surface area contributed by atoms with Gasteiger partial charge in [-0.25, -0.2) is 14.6 Å². The molecule has 0 saturated carbocycles. The van der Waals surface area contributed by atoms with Crippen LogP contribution < -0.4 is 15.0 Å². The van der Waals surface area contributed by atoms with Gasteiger partial charge in [0.25, 0.3) is 5.91 Å². The number of benzene rings is 1. The number of carbonyl (C=O) groups excluding carboxylic acids is 1. The van der Waals surface area contributed by atoms with E-state index in [-0.39, 0.29) is 5.91 Å². The topological polar surface area (TPSA) is 94.4 Å². The van der Waals surface area contributed by atoms with Crippen LogP contribution in [0, 0.1) is 0 Å². The van der Waals surface area contributed by atoms with Gasteiger partial charge in [0, 0.05) is 25.2 Å². The summed E-state index contributed by atoms with van der Waals surface area (Å²) in [4.78, 5) is 24.2. The Labute approximate surface area is 197 Å². The second-order valence-electron chi connectivity index (χ2n) is 7.72. The molecule has 1 saturated heterocycles. The minimum absolute atomic E-state index is 0.125. The number of amides is 1. The van der Waals surface area contributed by atoms with Crippen LogP contribution in [0.5, 0.6) is 5.75 Å². The highest BCUT2D eigenvalue weighted by Crippen LogP contribution is 2.27. The predicted molar refractivity (Wildman–Crippen MR) is 129 cm³/mol. The van der Waals surface area contributed by atoms with Crippen molar-refractivity contribution in [2.45, 2.75) is 31.5 Å². The number of ether oxygens (including phenoxy) is 2. The average Bonchev–Trinajstić information content (AvgIpc) is 3.27. The third-order valence-electron chi connectivity index (χ3n) is 5.44. The van der Waals surface area contributed by atoms with Crippen molar-refractivity contribution >= 4 is 34.5 Å². The molecule has 10 heteroatoms. The minimum Gasteiger partial charge on any atom is -0.494 e. The Hall–Kier alpha value is -2.85. The number of carbonyl (C=O) groups is 1. The van der Waals surface area contributed by atoms with Crippen LogP contribution in [0.25, 0.3) is 11.0 Å². The maximum Gasteiger partial charge on any atom is 0.251 e. The van der Waals surface area contributed by atoms with Gasteiger partial charge < -0.3 is 19.7 Å². The van der Waals surface area contributed by atoms with Gasteiger partial charge in [-0.1, -0.05) is 25.1 Å². The van der Waals surface area contributed by atoms with Crippen molar-refractivity contribution in [2.75, 3.05) is 50.6 Å². The van der Waals surface area contributed by atoms with Crippen molar-refractivity contribution in [3.8, 4) is 5.75 Å². The number of hydrogen-bond donors (Lipinski definition) is 1. The zero-order valence-corrected chi connectivity index (χ0v) is 19.9. The van der Waals surface area contributed by atoms with Crippen molar-refractivity contribution < 1.29 is 14.3 Å². The molecule has 1 aliphatic heterocycles. The molecule has 0 atom stereocenters. The summed E-state index contributed by atoms with van der Waals surface area (Å²) in [5.74, 6) is 1.55. The molecule has 176 valence electrons. The van der Waals surface area contributed by atoms with Crippen LogP contribution in [0.15, 0.2) is 35.6 Å². The first-order chi connectivity index (χ1) is 16.2. The number of fused-ring (bicyclic) bond motifs is 1. The summed E-state index contributed by atoms with van der Waals surface area (Å²) in [5.41, 5.74) is 1.38. The Morgan fingerprint density at radius 3 is 2.73 bits per heavy atom. The highest BCUT2D eigenvalue weighted by Gasteiger charge is 2.20. The number of unbranched alkanes of at least 4 members (excludes halogenated alkanes) is 1. The van der Waals surface area contributed by atoms with Gasteiger partial charge in [0.1, 0.15) is 11.6 Å². The van der Waals surface area contributed by atoms with E-state index in [1.54, 1.807) is 12.1 Å². The fraction of sp³-hybridized carbons (Fsp3) is 0.478. The highest BCUT2D eigenvalue weighted by atomic mass is 32.2. The van der Waals surface area contributed by atoms with Crippen LogP contribution in [-0.4, -0.2) is 71.4 Å². The normalized spacial score (nSPS) is 13.9. The standard InChI is InChI=1S/C23H30N6O3S/c1-3-4-13-32-18-7-5-17(6-8-18)22(30)24-9-10-29-21-19(16-25-29)20(26-23(27-21)33-2)28-11-14-31-15-12-28/h5-8,16H,3-4,9-15H2,1-2H3,(H,24,30). The van der Waals surface area contributed by atoms with E-state index in [1.807, 2.05) is 29.3 Å². The molecule has 0 spiro atoms. The van der Waals surface area contributed by atoms with Gasteiger partial charge in [0.2, 0.25) is 0 Å². The smallest absolute Gasteiger partial charge is 0.251 e. The molecular formula is C23H30N6O3S. The van der Waals surface area contributed by atoms with Crippen LogP contribution in [0.4, 0.5) is 5.82 Å². The minimum atomic E-state index is -0.125. The van der Waals surface area contributed by atoms with Gasteiger partial charge in [0.05, 0.1) is 37.9 Å². The third kappa shape index (κ3) is 5.75. The maximum absolute atomic E-state index is 12.5. The van der Waals surface area contributed by atoms with Gasteiger partial charge in [-0.2, -0.15) is 5.10 Å². The Bertz CT molecular complexity index is 1070. The summed E-state index contributed by atoms with van der Waals surface area (Å²) in [6.45, 7) is 6.73. The molecule has 4 rings (SSSR count). The molecule has 1 fully saturated rings. The lowest BCUT2D eigenvalue weighted by molar-refractivity contribution is 0.0952. The molecule has 2 aromatic heterocycles. The first-order valence-electron chi connectivity index (χ1n) is 11.3.